The lowest BCUT2D eigenvalue weighted by Crippen LogP contribution is -2.28. The van der Waals surface area contributed by atoms with Crippen LogP contribution in [0.1, 0.15) is 21.5 Å². The van der Waals surface area contributed by atoms with Gasteiger partial charge in [0, 0.05) is 31.0 Å². The van der Waals surface area contributed by atoms with E-state index in [1.807, 2.05) is 54.6 Å². The lowest BCUT2D eigenvalue weighted by Gasteiger charge is -2.16. The second kappa shape index (κ2) is 10.1. The van der Waals surface area contributed by atoms with Gasteiger partial charge in [-0.2, -0.15) is 0 Å². The third kappa shape index (κ3) is 5.16. The van der Waals surface area contributed by atoms with Gasteiger partial charge >= 0.3 is 5.97 Å². The van der Waals surface area contributed by atoms with Crippen LogP contribution in [0, 0.1) is 0 Å². The molecule has 8 heteroatoms. The maximum absolute atomic E-state index is 13.1. The van der Waals surface area contributed by atoms with Crippen molar-refractivity contribution < 1.29 is 19.1 Å². The molecule has 1 aliphatic rings. The molecule has 0 spiro atoms. The first-order chi connectivity index (χ1) is 16.9. The Hall–Kier alpha value is -4.59. The van der Waals surface area contributed by atoms with E-state index < -0.39 is 5.97 Å². The fraction of sp³-hybridized carbons (Fsp3) is 0.148. The van der Waals surface area contributed by atoms with Gasteiger partial charge < -0.3 is 25.6 Å². The molecule has 1 heterocycles. The first-order valence-electron chi connectivity index (χ1n) is 11.0. The molecule has 178 valence electrons. The zero-order valence-corrected chi connectivity index (χ0v) is 19.7. The van der Waals surface area contributed by atoms with Gasteiger partial charge in [-0.05, 0) is 42.0 Å². The number of hydrogen-bond donors (Lipinski definition) is 3. The predicted molar refractivity (Wildman–Crippen MR) is 137 cm³/mol. The number of nitrogens with zero attached hydrogens (tertiary/aromatic N) is 1. The number of esters is 1. The topological polar surface area (TPSA) is 99.8 Å². The SMILES string of the molecule is COC(=O)c1ccc2c(c1)NC(=O)C2=C(Nc1ccc(NCC(=O)N(C)C)cc1)c1ccccc1. The van der Waals surface area contributed by atoms with Crippen molar-refractivity contribution in [1.29, 1.82) is 0 Å². The van der Waals surface area contributed by atoms with Gasteiger partial charge in [-0.15, -0.1) is 0 Å². The molecule has 35 heavy (non-hydrogen) atoms. The van der Waals surface area contributed by atoms with Gasteiger partial charge in [0.2, 0.25) is 5.91 Å². The van der Waals surface area contributed by atoms with Gasteiger partial charge in [0.15, 0.2) is 0 Å². The first-order valence-corrected chi connectivity index (χ1v) is 11.0. The standard InChI is InChI=1S/C27H26N4O4/c1-31(2)23(32)16-28-19-10-12-20(13-11-19)29-25(17-7-5-4-6-8-17)24-21-14-9-18(27(34)35-3)15-22(21)30-26(24)33/h4-15,28-29H,16H2,1-3H3,(H,30,33). The molecular formula is C27H26N4O4. The van der Waals surface area contributed by atoms with E-state index in [1.54, 1.807) is 32.3 Å². The maximum atomic E-state index is 13.1. The van der Waals surface area contributed by atoms with Gasteiger partial charge in [0.25, 0.3) is 5.91 Å². The Morgan fingerprint density at radius 1 is 0.914 bits per heavy atom. The molecule has 3 aromatic rings. The molecule has 8 nitrogen and oxygen atoms in total. The molecule has 0 aromatic heterocycles. The third-order valence-corrected chi connectivity index (χ3v) is 5.59. The Kier molecular flexibility index (Phi) is 6.82. The van der Waals surface area contributed by atoms with Crippen molar-refractivity contribution in [2.75, 3.05) is 43.7 Å². The molecule has 0 saturated carbocycles. The smallest absolute Gasteiger partial charge is 0.337 e. The summed E-state index contributed by atoms with van der Waals surface area (Å²) in [6.07, 6.45) is 0. The Morgan fingerprint density at radius 2 is 1.60 bits per heavy atom. The van der Waals surface area contributed by atoms with Crippen molar-refractivity contribution in [3.63, 3.8) is 0 Å². The normalized spacial score (nSPS) is 13.4. The monoisotopic (exact) mass is 470 g/mol. The van der Waals surface area contributed by atoms with Gasteiger partial charge in [-0.25, -0.2) is 4.79 Å². The number of nitrogens with one attached hydrogen (secondary N) is 3. The van der Waals surface area contributed by atoms with Crippen molar-refractivity contribution in [2.24, 2.45) is 0 Å². The van der Waals surface area contributed by atoms with Crippen LogP contribution in [-0.4, -0.2) is 50.4 Å². The molecule has 0 fully saturated rings. The molecule has 3 N–H and O–H groups in total. The van der Waals surface area contributed by atoms with Crippen molar-refractivity contribution in [1.82, 2.24) is 4.90 Å². The number of amides is 2. The number of carbonyl (C=O) groups excluding carboxylic acids is 3. The highest BCUT2D eigenvalue weighted by molar-refractivity contribution is 6.37. The van der Waals surface area contributed by atoms with Crippen molar-refractivity contribution in [3.05, 3.63) is 89.5 Å². The molecule has 0 radical (unpaired) electrons. The van der Waals surface area contributed by atoms with Crippen LogP contribution in [0.25, 0.3) is 11.3 Å². The Balaban J connectivity index is 1.68. The maximum Gasteiger partial charge on any atom is 0.337 e. The molecule has 1 aliphatic heterocycles. The lowest BCUT2D eigenvalue weighted by atomic mass is 9.99. The average Bonchev–Trinajstić information content (AvgIpc) is 3.21. The van der Waals surface area contributed by atoms with Crippen molar-refractivity contribution in [3.8, 4) is 0 Å². The molecule has 0 aliphatic carbocycles. The van der Waals surface area contributed by atoms with E-state index in [0.717, 1.165) is 16.9 Å². The molecular weight excluding hydrogens is 444 g/mol. The highest BCUT2D eigenvalue weighted by Crippen LogP contribution is 2.38. The number of hydrogen-bond acceptors (Lipinski definition) is 6. The van der Waals surface area contributed by atoms with Crippen LogP contribution in [-0.2, 0) is 14.3 Å². The van der Waals surface area contributed by atoms with Crippen LogP contribution in [0.5, 0.6) is 0 Å². The van der Waals surface area contributed by atoms with E-state index in [-0.39, 0.29) is 18.4 Å². The van der Waals surface area contributed by atoms with Gasteiger partial charge in [-0.3, -0.25) is 9.59 Å². The van der Waals surface area contributed by atoms with Crippen LogP contribution in [0.4, 0.5) is 17.1 Å². The second-order valence-corrected chi connectivity index (χ2v) is 8.17. The van der Waals surface area contributed by atoms with Crippen LogP contribution < -0.4 is 16.0 Å². The lowest BCUT2D eigenvalue weighted by molar-refractivity contribution is -0.126. The van der Waals surface area contributed by atoms with Crippen molar-refractivity contribution >= 4 is 46.1 Å². The number of likely N-dealkylation sites (N-methyl/N-ethyl adjacent to an activating group) is 1. The molecule has 2 amide bonds. The summed E-state index contributed by atoms with van der Waals surface area (Å²) < 4.78 is 4.79. The molecule has 3 aromatic carbocycles. The first kappa shape index (κ1) is 23.6. The highest BCUT2D eigenvalue weighted by Gasteiger charge is 2.29. The summed E-state index contributed by atoms with van der Waals surface area (Å²) in [5.74, 6) is -0.764. The number of benzene rings is 3. The summed E-state index contributed by atoms with van der Waals surface area (Å²) in [5.41, 5.74) is 5.12. The summed E-state index contributed by atoms with van der Waals surface area (Å²) in [6, 6.07) is 22.0. The number of rotatable bonds is 7. The molecule has 0 saturated heterocycles. The Morgan fingerprint density at radius 3 is 2.26 bits per heavy atom. The molecule has 0 atom stereocenters. The number of fused-ring (bicyclic) bond motifs is 1. The van der Waals surface area contributed by atoms with Gasteiger partial charge in [0.05, 0.1) is 36.2 Å². The third-order valence-electron chi connectivity index (χ3n) is 5.59. The minimum atomic E-state index is -0.470. The summed E-state index contributed by atoms with van der Waals surface area (Å²) in [5, 5.41) is 9.35. The molecule has 0 bridgehead atoms. The van der Waals surface area contributed by atoms with Crippen LogP contribution >= 0.6 is 0 Å². The summed E-state index contributed by atoms with van der Waals surface area (Å²) in [7, 11) is 4.74. The fourth-order valence-corrected chi connectivity index (χ4v) is 3.70. The van der Waals surface area contributed by atoms with E-state index >= 15 is 0 Å². The second-order valence-electron chi connectivity index (χ2n) is 8.17. The van der Waals surface area contributed by atoms with Gasteiger partial charge in [0.1, 0.15) is 0 Å². The summed E-state index contributed by atoms with van der Waals surface area (Å²) in [4.78, 5) is 38.4. The van der Waals surface area contributed by atoms with Crippen LogP contribution in [0.3, 0.4) is 0 Å². The largest absolute Gasteiger partial charge is 0.465 e. The fourth-order valence-electron chi connectivity index (χ4n) is 3.70. The Bertz CT molecular complexity index is 1300. The van der Waals surface area contributed by atoms with E-state index in [0.29, 0.717) is 28.1 Å². The van der Waals surface area contributed by atoms with Crippen LogP contribution in [0.2, 0.25) is 0 Å². The minimum absolute atomic E-state index is 0.0235. The number of ether oxygens (including phenoxy) is 1. The highest BCUT2D eigenvalue weighted by atomic mass is 16.5. The number of methoxy groups -OCH3 is 1. The zero-order chi connectivity index (χ0) is 24.9. The number of carbonyl (C=O) groups is 3. The summed E-state index contributed by atoms with van der Waals surface area (Å²) in [6.45, 7) is 0.198. The minimum Gasteiger partial charge on any atom is -0.465 e. The summed E-state index contributed by atoms with van der Waals surface area (Å²) >= 11 is 0. The predicted octanol–water partition coefficient (Wildman–Crippen LogP) is 3.91. The van der Waals surface area contributed by atoms with E-state index in [2.05, 4.69) is 16.0 Å². The van der Waals surface area contributed by atoms with E-state index in [1.165, 1.54) is 12.0 Å². The van der Waals surface area contributed by atoms with E-state index in [9.17, 15) is 14.4 Å². The quantitative estimate of drug-likeness (QED) is 0.358. The zero-order valence-electron chi connectivity index (χ0n) is 19.7. The van der Waals surface area contributed by atoms with Crippen LogP contribution in [0.15, 0.2) is 72.8 Å². The molecule has 4 rings (SSSR count). The average molecular weight is 471 g/mol. The van der Waals surface area contributed by atoms with Gasteiger partial charge in [-0.1, -0.05) is 36.4 Å². The molecule has 0 unspecified atom stereocenters. The van der Waals surface area contributed by atoms with E-state index in [4.69, 9.17) is 4.74 Å². The Labute approximate surface area is 203 Å². The van der Waals surface area contributed by atoms with Crippen molar-refractivity contribution in [2.45, 2.75) is 0 Å². The number of anilines is 3.